The van der Waals surface area contributed by atoms with Gasteiger partial charge in [-0.25, -0.2) is 0 Å². The lowest BCUT2D eigenvalue weighted by atomic mass is 9.82. The maximum Gasteiger partial charge on any atom is 0.311 e. The third-order valence-corrected chi connectivity index (χ3v) is 4.49. The Bertz CT molecular complexity index is 655. The molecule has 8 nitrogen and oxygen atoms in total. The van der Waals surface area contributed by atoms with E-state index >= 15 is 0 Å². The van der Waals surface area contributed by atoms with Crippen molar-refractivity contribution < 1.29 is 29.0 Å². The topological polar surface area (TPSA) is 114 Å². The number of carbonyl (C=O) groups is 3. The van der Waals surface area contributed by atoms with Crippen LogP contribution >= 0.6 is 0 Å². The number of methoxy groups -OCH3 is 2. The number of carboxylic acid groups (broad SMARTS) is 1. The first-order valence-electron chi connectivity index (χ1n) is 8.33. The van der Waals surface area contributed by atoms with Crippen molar-refractivity contribution in [1.82, 2.24) is 10.6 Å². The number of amides is 2. The summed E-state index contributed by atoms with van der Waals surface area (Å²) < 4.78 is 10.2. The number of aliphatic carboxylic acids is 1. The molecule has 0 radical (unpaired) electrons. The van der Waals surface area contributed by atoms with Crippen molar-refractivity contribution in [2.24, 2.45) is 5.41 Å². The van der Waals surface area contributed by atoms with Crippen LogP contribution in [0.25, 0.3) is 0 Å². The maximum absolute atomic E-state index is 12.2. The maximum atomic E-state index is 12.2. The number of carboxylic acids is 1. The summed E-state index contributed by atoms with van der Waals surface area (Å²) in [4.78, 5) is 35.5. The molecular formula is C18H26N2O6. The van der Waals surface area contributed by atoms with Crippen LogP contribution in [0.2, 0.25) is 0 Å². The van der Waals surface area contributed by atoms with E-state index in [0.717, 1.165) is 0 Å². The van der Waals surface area contributed by atoms with Crippen molar-refractivity contribution in [2.75, 3.05) is 27.3 Å². The number of ether oxygens (including phenoxy) is 2. The standard InChI is InChI=1S/C18H26N2O6/c1-5-18(6-2,17(23)24)11-20-15(21)10-19-16(22)12-7-8-13(25-3)14(9-12)26-4/h7-9H,5-6,10-11H2,1-4H3,(H,19,22)(H,20,21)(H,23,24). The van der Waals surface area contributed by atoms with E-state index in [9.17, 15) is 19.5 Å². The molecule has 2 amide bonds. The van der Waals surface area contributed by atoms with E-state index in [-0.39, 0.29) is 13.1 Å². The van der Waals surface area contributed by atoms with Crippen LogP contribution in [0.4, 0.5) is 0 Å². The van der Waals surface area contributed by atoms with E-state index in [1.54, 1.807) is 26.0 Å². The molecular weight excluding hydrogens is 340 g/mol. The Balaban J connectivity index is 2.62. The Morgan fingerprint density at radius 3 is 2.15 bits per heavy atom. The fraction of sp³-hybridized carbons (Fsp3) is 0.500. The van der Waals surface area contributed by atoms with Crippen molar-refractivity contribution in [2.45, 2.75) is 26.7 Å². The first kappa shape index (κ1) is 21.3. The van der Waals surface area contributed by atoms with Crippen molar-refractivity contribution in [3.05, 3.63) is 23.8 Å². The van der Waals surface area contributed by atoms with Crippen LogP contribution in [-0.4, -0.2) is 50.2 Å². The van der Waals surface area contributed by atoms with Gasteiger partial charge >= 0.3 is 5.97 Å². The lowest BCUT2D eigenvalue weighted by Gasteiger charge is -2.26. The molecule has 26 heavy (non-hydrogen) atoms. The van der Waals surface area contributed by atoms with Gasteiger partial charge in [0.25, 0.3) is 5.91 Å². The molecule has 8 heteroatoms. The average molecular weight is 366 g/mol. The predicted octanol–water partition coefficient (Wildman–Crippen LogP) is 1.44. The molecule has 0 unspecified atom stereocenters. The molecule has 1 aromatic carbocycles. The summed E-state index contributed by atoms with van der Waals surface area (Å²) >= 11 is 0. The van der Waals surface area contributed by atoms with E-state index < -0.39 is 23.2 Å². The van der Waals surface area contributed by atoms with Crippen molar-refractivity contribution in [1.29, 1.82) is 0 Å². The lowest BCUT2D eigenvalue weighted by molar-refractivity contribution is -0.149. The van der Waals surface area contributed by atoms with Crippen molar-refractivity contribution >= 4 is 17.8 Å². The Kier molecular flexibility index (Phi) is 7.89. The summed E-state index contributed by atoms with van der Waals surface area (Å²) in [5.74, 6) is -0.951. The number of carbonyl (C=O) groups excluding carboxylic acids is 2. The minimum Gasteiger partial charge on any atom is -0.493 e. The number of hydrogen-bond donors (Lipinski definition) is 3. The Hall–Kier alpha value is -2.77. The number of nitrogens with one attached hydrogen (secondary N) is 2. The second-order valence-corrected chi connectivity index (χ2v) is 5.82. The van der Waals surface area contributed by atoms with Crippen LogP contribution in [0.3, 0.4) is 0 Å². The smallest absolute Gasteiger partial charge is 0.311 e. The number of rotatable bonds is 10. The molecule has 0 spiro atoms. The van der Waals surface area contributed by atoms with Gasteiger partial charge in [-0.3, -0.25) is 14.4 Å². The van der Waals surface area contributed by atoms with Crippen molar-refractivity contribution in [3.63, 3.8) is 0 Å². The van der Waals surface area contributed by atoms with Crippen LogP contribution in [0.1, 0.15) is 37.0 Å². The minimum absolute atomic E-state index is 0.0143. The fourth-order valence-corrected chi connectivity index (χ4v) is 2.45. The van der Waals surface area contributed by atoms with Gasteiger partial charge in [0.1, 0.15) is 0 Å². The zero-order chi connectivity index (χ0) is 19.7. The van der Waals surface area contributed by atoms with Gasteiger partial charge in [0.05, 0.1) is 26.2 Å². The molecule has 0 atom stereocenters. The SMILES string of the molecule is CCC(CC)(CNC(=O)CNC(=O)c1ccc(OC)c(OC)c1)C(=O)O. The fourth-order valence-electron chi connectivity index (χ4n) is 2.45. The normalized spacial score (nSPS) is 10.8. The highest BCUT2D eigenvalue weighted by Gasteiger charge is 2.35. The van der Waals surface area contributed by atoms with Gasteiger partial charge in [-0.2, -0.15) is 0 Å². The van der Waals surface area contributed by atoms with Crippen molar-refractivity contribution in [3.8, 4) is 11.5 Å². The zero-order valence-electron chi connectivity index (χ0n) is 15.5. The monoisotopic (exact) mass is 366 g/mol. The predicted molar refractivity (Wildman–Crippen MR) is 95.5 cm³/mol. The van der Waals surface area contributed by atoms with Crippen LogP contribution < -0.4 is 20.1 Å². The van der Waals surface area contributed by atoms with Gasteiger partial charge in [-0.15, -0.1) is 0 Å². The minimum atomic E-state index is -0.997. The molecule has 0 aliphatic heterocycles. The molecule has 0 aliphatic rings. The third-order valence-electron chi connectivity index (χ3n) is 4.49. The largest absolute Gasteiger partial charge is 0.493 e. The van der Waals surface area contributed by atoms with E-state index in [1.165, 1.54) is 20.3 Å². The van der Waals surface area contributed by atoms with Gasteiger partial charge < -0.3 is 25.2 Å². The highest BCUT2D eigenvalue weighted by Crippen LogP contribution is 2.27. The van der Waals surface area contributed by atoms with Gasteiger partial charge in [0.2, 0.25) is 5.91 Å². The summed E-state index contributed by atoms with van der Waals surface area (Å²) in [6.45, 7) is 3.29. The van der Waals surface area contributed by atoms with Gasteiger partial charge in [0, 0.05) is 12.1 Å². The Labute approximate surface area is 152 Å². The first-order chi connectivity index (χ1) is 12.3. The van der Waals surface area contributed by atoms with E-state index in [0.29, 0.717) is 29.9 Å². The lowest BCUT2D eigenvalue weighted by Crippen LogP contribution is -2.45. The molecule has 144 valence electrons. The Morgan fingerprint density at radius 1 is 1.04 bits per heavy atom. The molecule has 0 bridgehead atoms. The molecule has 0 aromatic heterocycles. The molecule has 0 aliphatic carbocycles. The summed E-state index contributed by atoms with van der Waals surface area (Å²) in [6, 6.07) is 4.66. The summed E-state index contributed by atoms with van der Waals surface area (Å²) in [7, 11) is 2.95. The number of hydrogen-bond acceptors (Lipinski definition) is 5. The van der Waals surface area contributed by atoms with Crippen LogP contribution in [-0.2, 0) is 9.59 Å². The molecule has 0 saturated carbocycles. The number of benzene rings is 1. The molecule has 1 aromatic rings. The van der Waals surface area contributed by atoms with E-state index in [4.69, 9.17) is 9.47 Å². The Morgan fingerprint density at radius 2 is 1.65 bits per heavy atom. The van der Waals surface area contributed by atoms with E-state index in [2.05, 4.69) is 10.6 Å². The second kappa shape index (κ2) is 9.65. The summed E-state index contributed by atoms with van der Waals surface area (Å²) in [5, 5.41) is 14.4. The van der Waals surface area contributed by atoms with Crippen LogP contribution in [0.5, 0.6) is 11.5 Å². The molecule has 1 rings (SSSR count). The summed E-state index contributed by atoms with van der Waals surface area (Å²) in [5.41, 5.74) is -0.680. The third kappa shape index (κ3) is 5.11. The quantitative estimate of drug-likeness (QED) is 0.577. The van der Waals surface area contributed by atoms with Crippen LogP contribution in [0, 0.1) is 5.41 Å². The first-order valence-corrected chi connectivity index (χ1v) is 8.33. The van der Waals surface area contributed by atoms with Gasteiger partial charge in [-0.1, -0.05) is 13.8 Å². The molecule has 0 heterocycles. The molecule has 0 fully saturated rings. The average Bonchev–Trinajstić information content (AvgIpc) is 2.66. The van der Waals surface area contributed by atoms with Gasteiger partial charge in [0.15, 0.2) is 11.5 Å². The summed E-state index contributed by atoms with van der Waals surface area (Å²) in [6.07, 6.45) is 0.800. The zero-order valence-corrected chi connectivity index (χ0v) is 15.5. The molecule has 3 N–H and O–H groups in total. The highest BCUT2D eigenvalue weighted by atomic mass is 16.5. The highest BCUT2D eigenvalue weighted by molar-refractivity contribution is 5.97. The second-order valence-electron chi connectivity index (χ2n) is 5.82. The van der Waals surface area contributed by atoms with Crippen LogP contribution in [0.15, 0.2) is 18.2 Å². The van der Waals surface area contributed by atoms with E-state index in [1.807, 2.05) is 0 Å². The van der Waals surface area contributed by atoms with Gasteiger partial charge in [-0.05, 0) is 31.0 Å². The molecule has 0 saturated heterocycles.